The lowest BCUT2D eigenvalue weighted by Gasteiger charge is -2.18. The topological polar surface area (TPSA) is 116 Å². The van der Waals surface area contributed by atoms with Crippen molar-refractivity contribution in [1.29, 1.82) is 0 Å². The maximum absolute atomic E-state index is 11.1. The molecule has 0 bridgehead atoms. The van der Waals surface area contributed by atoms with E-state index in [1.807, 2.05) is 29.0 Å². The van der Waals surface area contributed by atoms with Crippen molar-refractivity contribution in [3.8, 4) is 0 Å². The second-order valence-electron chi connectivity index (χ2n) is 6.79. The molecule has 1 aliphatic rings. The second kappa shape index (κ2) is 9.09. The number of anilines is 1. The number of nitrogens with zero attached hydrogens (tertiary/aromatic N) is 2. The molecule has 0 atom stereocenters. The fraction of sp³-hybridized carbons (Fsp3) is 0.353. The van der Waals surface area contributed by atoms with E-state index in [4.69, 9.17) is 9.11 Å². The van der Waals surface area contributed by atoms with Crippen LogP contribution in [0.4, 0.5) is 5.00 Å². The lowest BCUT2D eigenvalue weighted by atomic mass is 10.4. The number of thiophene rings is 2. The molecule has 0 spiro atoms. The van der Waals surface area contributed by atoms with Crippen LogP contribution in [-0.2, 0) is 26.8 Å². The zero-order chi connectivity index (χ0) is 22.2. The number of aryl methyl sites for hydroxylation is 1. The van der Waals surface area contributed by atoms with Gasteiger partial charge in [0.15, 0.2) is 6.54 Å². The quantitative estimate of drug-likeness (QED) is 0.312. The zero-order valence-corrected chi connectivity index (χ0v) is 20.9. The van der Waals surface area contributed by atoms with Crippen LogP contribution in [0.5, 0.6) is 0 Å². The first kappa shape index (κ1) is 23.2. The summed E-state index contributed by atoms with van der Waals surface area (Å²) in [5, 5.41) is 6.92. The molecule has 0 saturated heterocycles. The van der Waals surface area contributed by atoms with Gasteiger partial charge in [0.05, 0.1) is 22.6 Å². The summed E-state index contributed by atoms with van der Waals surface area (Å²) < 4.78 is 65.7. The maximum atomic E-state index is 11.1. The Morgan fingerprint density at radius 3 is 2.45 bits per heavy atom. The van der Waals surface area contributed by atoms with Gasteiger partial charge in [-0.1, -0.05) is 34.4 Å². The normalized spacial score (nSPS) is 15.9. The molecule has 0 amide bonds. The fourth-order valence-electron chi connectivity index (χ4n) is 3.22. The van der Waals surface area contributed by atoms with Crippen molar-refractivity contribution in [2.24, 2.45) is 0 Å². The third kappa shape index (κ3) is 5.68. The molecule has 168 valence electrons. The summed E-state index contributed by atoms with van der Waals surface area (Å²) in [6.07, 6.45) is 2.62. The fourth-order valence-corrected chi connectivity index (χ4v) is 8.82. The average molecular weight is 540 g/mol. The molecule has 0 aromatic carbocycles. The Hall–Kier alpha value is -1.00. The van der Waals surface area contributed by atoms with E-state index in [2.05, 4.69) is 9.47 Å². The highest BCUT2D eigenvalue weighted by Gasteiger charge is 2.29. The number of rotatable bonds is 9. The third-order valence-electron chi connectivity index (χ3n) is 4.49. The van der Waals surface area contributed by atoms with Gasteiger partial charge in [0.1, 0.15) is 9.70 Å². The molecule has 2 N–H and O–H groups in total. The lowest BCUT2D eigenvalue weighted by molar-refractivity contribution is -0.666. The first-order chi connectivity index (χ1) is 14.6. The van der Waals surface area contributed by atoms with Crippen molar-refractivity contribution in [2.75, 3.05) is 23.0 Å². The van der Waals surface area contributed by atoms with E-state index in [1.54, 1.807) is 45.8 Å². The Bertz CT molecular complexity index is 1330. The highest BCUT2D eigenvalue weighted by atomic mass is 32.2. The van der Waals surface area contributed by atoms with Crippen molar-refractivity contribution in [3.05, 3.63) is 32.9 Å². The van der Waals surface area contributed by atoms with Gasteiger partial charge in [0, 0.05) is 17.9 Å². The van der Waals surface area contributed by atoms with E-state index >= 15 is 0 Å². The summed E-state index contributed by atoms with van der Waals surface area (Å²) in [6, 6.07) is 4.04. The first-order valence-electron chi connectivity index (χ1n) is 9.15. The van der Waals surface area contributed by atoms with E-state index in [0.29, 0.717) is 25.9 Å². The van der Waals surface area contributed by atoms with Crippen LogP contribution in [0.3, 0.4) is 0 Å². The predicted octanol–water partition coefficient (Wildman–Crippen LogP) is 3.78. The second-order valence-corrected chi connectivity index (χ2v) is 13.8. The van der Waals surface area contributed by atoms with Gasteiger partial charge in [-0.15, -0.1) is 11.3 Å². The Kier molecular flexibility index (Phi) is 6.80. The van der Waals surface area contributed by atoms with Crippen molar-refractivity contribution in [2.45, 2.75) is 24.3 Å². The van der Waals surface area contributed by atoms with Gasteiger partial charge in [0.2, 0.25) is 0 Å². The average Bonchev–Trinajstić information content (AvgIpc) is 3.38. The Morgan fingerprint density at radius 2 is 1.71 bits per heavy atom. The number of aromatic nitrogens is 1. The largest absolute Gasteiger partial charge is 0.326 e. The van der Waals surface area contributed by atoms with Crippen LogP contribution in [0.25, 0.3) is 15.6 Å². The Balaban J connectivity index is 1.62. The van der Waals surface area contributed by atoms with E-state index in [0.717, 1.165) is 29.5 Å². The lowest BCUT2D eigenvalue weighted by Crippen LogP contribution is -2.35. The molecule has 1 aliphatic heterocycles. The molecule has 0 fully saturated rings. The third-order valence-corrected chi connectivity index (χ3v) is 10.4. The summed E-state index contributed by atoms with van der Waals surface area (Å²) in [6.45, 7) is 0.906. The van der Waals surface area contributed by atoms with Gasteiger partial charge in [-0.05, 0) is 29.3 Å². The summed E-state index contributed by atoms with van der Waals surface area (Å²) in [4.78, 5) is 4.20. The SMILES string of the molecule is O=S(=O)(O)CCCN1C(=Cc2sc3ccsc3[n+]2CCCS(=O)(=O)O)Sc2ccsc21. The molecule has 0 radical (unpaired) electrons. The molecular formula is C17H19N2O6S6+. The summed E-state index contributed by atoms with van der Waals surface area (Å²) >= 11 is 6.35. The number of thioether (sulfide) groups is 1. The van der Waals surface area contributed by atoms with Crippen LogP contribution in [0.1, 0.15) is 17.8 Å². The Morgan fingerprint density at radius 1 is 1.00 bits per heavy atom. The number of fused-ring (bicyclic) bond motifs is 2. The van der Waals surface area contributed by atoms with Gasteiger partial charge in [-0.25, -0.2) is 0 Å². The van der Waals surface area contributed by atoms with Gasteiger partial charge < -0.3 is 4.90 Å². The van der Waals surface area contributed by atoms with Crippen LogP contribution in [0.15, 0.2) is 32.8 Å². The Labute approximate surface area is 196 Å². The van der Waals surface area contributed by atoms with Crippen LogP contribution in [0, 0.1) is 0 Å². The van der Waals surface area contributed by atoms with Gasteiger partial charge >= 0.3 is 0 Å². The molecule has 3 aromatic heterocycles. The van der Waals surface area contributed by atoms with Crippen molar-refractivity contribution < 1.29 is 30.5 Å². The molecule has 4 heterocycles. The number of hydrogen-bond donors (Lipinski definition) is 2. The first-order valence-corrected chi connectivity index (χ1v) is 15.8. The van der Waals surface area contributed by atoms with Crippen molar-refractivity contribution >= 4 is 86.6 Å². The highest BCUT2D eigenvalue weighted by molar-refractivity contribution is 8.04. The molecule has 0 aliphatic carbocycles. The molecule has 0 unspecified atom stereocenters. The molecule has 31 heavy (non-hydrogen) atoms. The van der Waals surface area contributed by atoms with Crippen molar-refractivity contribution in [1.82, 2.24) is 0 Å². The highest BCUT2D eigenvalue weighted by Crippen LogP contribution is 2.50. The molecule has 4 rings (SSSR count). The van der Waals surface area contributed by atoms with Crippen LogP contribution in [-0.4, -0.2) is 44.0 Å². The van der Waals surface area contributed by atoms with Crippen LogP contribution in [0.2, 0.25) is 0 Å². The minimum Gasteiger partial charge on any atom is -0.326 e. The molecule has 3 aromatic rings. The standard InChI is InChI=1S/C17H18N2O6S6/c20-30(21,22)9-1-5-18-14(28-12-3-7-26-16(12)18)11-15-19(6-2-10-31(23,24)25)17-13(29-15)4-8-27-17/h3-4,7-8,11H,1-2,5-6,9-10H2,(H-,20,21,22,23,24,25)/p+1. The molecular weight excluding hydrogens is 521 g/mol. The molecule has 14 heteroatoms. The van der Waals surface area contributed by atoms with E-state index in [9.17, 15) is 16.8 Å². The number of thiazole rings is 1. The minimum absolute atomic E-state index is 0.294. The van der Waals surface area contributed by atoms with E-state index in [1.165, 1.54) is 0 Å². The van der Waals surface area contributed by atoms with Gasteiger partial charge in [0.25, 0.3) is 30.1 Å². The maximum Gasteiger partial charge on any atom is 0.280 e. The number of hydrogen-bond acceptors (Lipinski definition) is 9. The summed E-state index contributed by atoms with van der Waals surface area (Å²) in [5.41, 5.74) is 0. The van der Waals surface area contributed by atoms with Crippen LogP contribution >= 0.6 is 45.8 Å². The summed E-state index contributed by atoms with van der Waals surface area (Å²) in [7, 11) is -8.03. The smallest absolute Gasteiger partial charge is 0.280 e. The molecule has 8 nitrogen and oxygen atoms in total. The van der Waals surface area contributed by atoms with Crippen LogP contribution < -0.4 is 9.47 Å². The summed E-state index contributed by atoms with van der Waals surface area (Å²) in [5.74, 6) is -0.598. The van der Waals surface area contributed by atoms with E-state index in [-0.39, 0.29) is 11.5 Å². The van der Waals surface area contributed by atoms with E-state index < -0.39 is 20.2 Å². The van der Waals surface area contributed by atoms with Gasteiger partial charge in [-0.2, -0.15) is 21.4 Å². The zero-order valence-electron chi connectivity index (χ0n) is 16.0. The van der Waals surface area contributed by atoms with Gasteiger partial charge in [-0.3, -0.25) is 9.11 Å². The van der Waals surface area contributed by atoms with Crippen molar-refractivity contribution in [3.63, 3.8) is 0 Å². The predicted molar refractivity (Wildman–Crippen MR) is 127 cm³/mol. The minimum atomic E-state index is -4.01. The molecule has 0 saturated carbocycles. The monoisotopic (exact) mass is 539 g/mol.